The summed E-state index contributed by atoms with van der Waals surface area (Å²) in [5.41, 5.74) is -0.299. The summed E-state index contributed by atoms with van der Waals surface area (Å²) in [6.07, 6.45) is -3.30. The van der Waals surface area contributed by atoms with Crippen molar-refractivity contribution in [2.24, 2.45) is 0 Å². The molecule has 0 saturated carbocycles. The lowest BCUT2D eigenvalue weighted by molar-refractivity contribution is -0.137. The van der Waals surface area contributed by atoms with E-state index in [1.807, 2.05) is 30.3 Å². The van der Waals surface area contributed by atoms with Gasteiger partial charge in [0.15, 0.2) is 0 Å². The van der Waals surface area contributed by atoms with Gasteiger partial charge >= 0.3 is 12.2 Å². The van der Waals surface area contributed by atoms with Gasteiger partial charge in [-0.2, -0.15) is 13.2 Å². The first-order valence-corrected chi connectivity index (χ1v) is 8.75. The van der Waals surface area contributed by atoms with Crippen molar-refractivity contribution in [3.8, 4) is 0 Å². The number of hydrogen-bond acceptors (Lipinski definition) is 2. The van der Waals surface area contributed by atoms with Crippen LogP contribution in [-0.4, -0.2) is 18.0 Å². The molecular weight excluding hydrogens is 371 g/mol. The maximum atomic E-state index is 13.3. The molecule has 0 bridgehead atoms. The van der Waals surface area contributed by atoms with Crippen LogP contribution in [0.4, 0.5) is 29.3 Å². The Hall–Kier alpha value is -3.03. The molecule has 3 amide bonds. The first-order valence-electron chi connectivity index (χ1n) is 8.75. The van der Waals surface area contributed by atoms with Crippen LogP contribution in [0.15, 0.2) is 48.5 Å². The molecule has 2 rings (SSSR count). The van der Waals surface area contributed by atoms with Gasteiger partial charge in [-0.05, 0) is 43.5 Å². The van der Waals surface area contributed by atoms with Gasteiger partial charge in [0.1, 0.15) is 0 Å². The van der Waals surface area contributed by atoms with E-state index in [2.05, 4.69) is 16.0 Å². The molecule has 2 aromatic rings. The van der Waals surface area contributed by atoms with E-state index in [0.717, 1.165) is 24.1 Å². The predicted octanol–water partition coefficient (Wildman–Crippen LogP) is 4.81. The molecule has 0 unspecified atom stereocenters. The minimum atomic E-state index is -4.68. The van der Waals surface area contributed by atoms with Crippen molar-refractivity contribution < 1.29 is 22.8 Å². The van der Waals surface area contributed by atoms with Crippen molar-refractivity contribution in [2.75, 3.05) is 10.6 Å². The molecule has 8 heteroatoms. The highest BCUT2D eigenvalue weighted by Gasteiger charge is 2.34. The summed E-state index contributed by atoms with van der Waals surface area (Å²) in [4.78, 5) is 23.2. The number of benzene rings is 2. The fourth-order valence-electron chi connectivity index (χ4n) is 2.65. The van der Waals surface area contributed by atoms with Gasteiger partial charge in [-0.25, -0.2) is 4.79 Å². The second-order valence-corrected chi connectivity index (χ2v) is 6.46. The molecule has 0 aromatic heterocycles. The van der Waals surface area contributed by atoms with Crippen molar-refractivity contribution in [2.45, 2.75) is 38.9 Å². The van der Waals surface area contributed by atoms with Gasteiger partial charge in [0.25, 0.3) is 0 Å². The molecule has 0 fully saturated rings. The lowest BCUT2D eigenvalue weighted by atomic mass is 10.1. The van der Waals surface area contributed by atoms with E-state index in [1.54, 1.807) is 6.92 Å². The summed E-state index contributed by atoms with van der Waals surface area (Å²) in [6.45, 7) is 2.98. The number of nitrogens with one attached hydrogen (secondary N) is 3. The fraction of sp³-hybridized carbons (Fsp3) is 0.300. The van der Waals surface area contributed by atoms with Gasteiger partial charge in [-0.3, -0.25) is 4.79 Å². The Morgan fingerprint density at radius 1 is 1.04 bits per heavy atom. The first kappa shape index (κ1) is 21.3. The second kappa shape index (κ2) is 9.25. The highest BCUT2D eigenvalue weighted by atomic mass is 19.4. The Morgan fingerprint density at radius 3 is 2.32 bits per heavy atom. The number of carbonyl (C=O) groups excluding carboxylic acids is 2. The third kappa shape index (κ3) is 6.61. The standard InChI is InChI=1S/C20H22F3N3O2/c1-13(8-9-15-6-4-3-5-7-15)24-19(28)26-18-11-10-16(25-14(2)27)12-17(18)20(21,22)23/h3-7,10-13H,8-9H2,1-2H3,(H,25,27)(H2,24,26,28)/t13-/m0/s1. The maximum Gasteiger partial charge on any atom is 0.418 e. The van der Waals surface area contributed by atoms with E-state index in [4.69, 9.17) is 0 Å². The maximum absolute atomic E-state index is 13.3. The average Bonchev–Trinajstić information content (AvgIpc) is 2.60. The molecule has 0 saturated heterocycles. The Kier molecular flexibility index (Phi) is 7.03. The number of hydrogen-bond donors (Lipinski definition) is 3. The molecule has 0 radical (unpaired) electrons. The Labute approximate surface area is 161 Å². The molecule has 5 nitrogen and oxygen atoms in total. The summed E-state index contributed by atoms with van der Waals surface area (Å²) in [5.74, 6) is -0.487. The number of amides is 3. The van der Waals surface area contributed by atoms with Gasteiger partial charge in [-0.15, -0.1) is 0 Å². The fourth-order valence-corrected chi connectivity index (χ4v) is 2.65. The van der Waals surface area contributed by atoms with Gasteiger partial charge in [0.2, 0.25) is 5.91 Å². The van der Waals surface area contributed by atoms with Gasteiger partial charge in [0.05, 0.1) is 11.3 Å². The smallest absolute Gasteiger partial charge is 0.335 e. The summed E-state index contributed by atoms with van der Waals surface area (Å²) in [6, 6.07) is 11.9. The number of anilines is 2. The zero-order valence-electron chi connectivity index (χ0n) is 15.6. The SMILES string of the molecule is CC(=O)Nc1ccc(NC(=O)N[C@@H](C)CCc2ccccc2)c(C(F)(F)F)c1. The van der Waals surface area contributed by atoms with Crippen LogP contribution < -0.4 is 16.0 Å². The van der Waals surface area contributed by atoms with Gasteiger partial charge < -0.3 is 16.0 Å². The topological polar surface area (TPSA) is 70.2 Å². The second-order valence-electron chi connectivity index (χ2n) is 6.46. The third-order valence-corrected chi connectivity index (χ3v) is 3.98. The number of urea groups is 1. The van der Waals surface area contributed by atoms with Crippen LogP contribution in [0, 0.1) is 0 Å². The van der Waals surface area contributed by atoms with E-state index in [1.165, 1.54) is 13.0 Å². The van der Waals surface area contributed by atoms with Crippen LogP contribution in [0.5, 0.6) is 0 Å². The minimum absolute atomic E-state index is 0.00186. The quantitative estimate of drug-likeness (QED) is 0.659. The number of carbonyl (C=O) groups is 2. The Morgan fingerprint density at radius 2 is 1.71 bits per heavy atom. The summed E-state index contributed by atoms with van der Waals surface area (Å²) in [7, 11) is 0. The van der Waals surface area contributed by atoms with Crippen LogP contribution in [0.2, 0.25) is 0 Å². The lowest BCUT2D eigenvalue weighted by Gasteiger charge is -2.18. The number of aryl methyl sites for hydroxylation is 1. The van der Waals surface area contributed by atoms with E-state index < -0.39 is 23.7 Å². The molecule has 0 heterocycles. The average molecular weight is 393 g/mol. The largest absolute Gasteiger partial charge is 0.418 e. The molecule has 28 heavy (non-hydrogen) atoms. The van der Waals surface area contributed by atoms with Crippen molar-refractivity contribution >= 4 is 23.3 Å². The molecule has 2 aromatic carbocycles. The van der Waals surface area contributed by atoms with E-state index in [-0.39, 0.29) is 17.4 Å². The van der Waals surface area contributed by atoms with Crippen molar-refractivity contribution in [3.05, 3.63) is 59.7 Å². The Balaban J connectivity index is 2.00. The van der Waals surface area contributed by atoms with E-state index >= 15 is 0 Å². The van der Waals surface area contributed by atoms with Crippen molar-refractivity contribution in [3.63, 3.8) is 0 Å². The summed E-state index contributed by atoms with van der Waals surface area (Å²) >= 11 is 0. The van der Waals surface area contributed by atoms with Crippen molar-refractivity contribution in [1.82, 2.24) is 5.32 Å². The van der Waals surface area contributed by atoms with E-state index in [9.17, 15) is 22.8 Å². The Bertz CT molecular complexity index is 823. The molecule has 0 aliphatic rings. The van der Waals surface area contributed by atoms with Crippen molar-refractivity contribution in [1.29, 1.82) is 0 Å². The zero-order chi connectivity index (χ0) is 20.7. The highest BCUT2D eigenvalue weighted by molar-refractivity contribution is 5.92. The molecule has 3 N–H and O–H groups in total. The molecule has 0 spiro atoms. The van der Waals surface area contributed by atoms with Crippen LogP contribution in [0.25, 0.3) is 0 Å². The van der Waals surface area contributed by atoms with Crippen LogP contribution in [0.3, 0.4) is 0 Å². The number of alkyl halides is 3. The van der Waals surface area contributed by atoms with Crippen LogP contribution in [0.1, 0.15) is 31.4 Å². The first-order chi connectivity index (χ1) is 13.1. The number of rotatable bonds is 6. The van der Waals surface area contributed by atoms with Gasteiger partial charge in [0, 0.05) is 18.7 Å². The molecule has 0 aliphatic heterocycles. The molecular formula is C20H22F3N3O2. The zero-order valence-corrected chi connectivity index (χ0v) is 15.6. The monoisotopic (exact) mass is 393 g/mol. The summed E-state index contributed by atoms with van der Waals surface area (Å²) in [5, 5.41) is 7.18. The molecule has 150 valence electrons. The van der Waals surface area contributed by atoms with E-state index in [0.29, 0.717) is 6.42 Å². The number of halogens is 3. The van der Waals surface area contributed by atoms with Gasteiger partial charge in [-0.1, -0.05) is 30.3 Å². The molecule has 1 atom stereocenters. The normalized spacial score (nSPS) is 12.2. The predicted molar refractivity (Wildman–Crippen MR) is 102 cm³/mol. The lowest BCUT2D eigenvalue weighted by Crippen LogP contribution is -2.36. The summed E-state index contributed by atoms with van der Waals surface area (Å²) < 4.78 is 39.9. The van der Waals surface area contributed by atoms with Crippen LogP contribution >= 0.6 is 0 Å². The highest BCUT2D eigenvalue weighted by Crippen LogP contribution is 2.36. The minimum Gasteiger partial charge on any atom is -0.335 e. The third-order valence-electron chi connectivity index (χ3n) is 3.98. The molecule has 0 aliphatic carbocycles. The van der Waals surface area contributed by atoms with Crippen LogP contribution in [-0.2, 0) is 17.4 Å².